The Morgan fingerprint density at radius 3 is 2.59 bits per heavy atom. The average Bonchev–Trinajstić information content (AvgIpc) is 2.61. The summed E-state index contributed by atoms with van der Waals surface area (Å²) in [6.07, 6.45) is 6.34. The summed E-state index contributed by atoms with van der Waals surface area (Å²) in [7, 11) is 3.83. The van der Waals surface area contributed by atoms with Crippen molar-refractivity contribution in [1.29, 1.82) is 0 Å². The predicted molar refractivity (Wildman–Crippen MR) is 120 cm³/mol. The van der Waals surface area contributed by atoms with Gasteiger partial charge >= 0.3 is 0 Å². The minimum absolute atomic E-state index is 0. The second-order valence-corrected chi connectivity index (χ2v) is 7.42. The number of benzene rings is 1. The normalized spacial score (nSPS) is 25.4. The molecule has 6 nitrogen and oxygen atoms in total. The van der Waals surface area contributed by atoms with Crippen LogP contribution in [-0.2, 0) is 6.54 Å². The second kappa shape index (κ2) is 10.4. The lowest BCUT2D eigenvalue weighted by molar-refractivity contribution is 0.0526. The van der Waals surface area contributed by atoms with E-state index in [1.165, 1.54) is 32.1 Å². The van der Waals surface area contributed by atoms with Crippen LogP contribution in [0.5, 0.6) is 11.5 Å². The molecule has 0 aromatic heterocycles. The molecular formula is C20H33IN4O2. The predicted octanol–water partition coefficient (Wildman–Crippen LogP) is 3.09. The fourth-order valence-corrected chi connectivity index (χ4v) is 4.25. The summed E-state index contributed by atoms with van der Waals surface area (Å²) in [5.74, 6) is 1.50. The Kier molecular flexibility index (Phi) is 8.47. The van der Waals surface area contributed by atoms with Crippen LogP contribution in [0.25, 0.3) is 0 Å². The summed E-state index contributed by atoms with van der Waals surface area (Å²) >= 11 is 0. The monoisotopic (exact) mass is 488 g/mol. The van der Waals surface area contributed by atoms with Crippen molar-refractivity contribution in [3.05, 3.63) is 23.8 Å². The molecule has 0 aliphatic carbocycles. The molecule has 2 saturated heterocycles. The Morgan fingerprint density at radius 2 is 2.00 bits per heavy atom. The molecule has 3 N–H and O–H groups in total. The highest BCUT2D eigenvalue weighted by Crippen LogP contribution is 2.32. The Balaban J connectivity index is 0.00000261. The lowest BCUT2D eigenvalue weighted by Gasteiger charge is -2.47. The molecule has 2 aliphatic heterocycles. The molecule has 27 heavy (non-hydrogen) atoms. The summed E-state index contributed by atoms with van der Waals surface area (Å²) in [6.45, 7) is 3.44. The molecule has 7 heteroatoms. The Bertz CT molecular complexity index is 626. The van der Waals surface area contributed by atoms with Crippen molar-refractivity contribution in [2.75, 3.05) is 20.7 Å². The van der Waals surface area contributed by atoms with Gasteiger partial charge in [-0.2, -0.15) is 0 Å². The molecule has 1 aromatic rings. The molecule has 0 amide bonds. The Labute approximate surface area is 179 Å². The summed E-state index contributed by atoms with van der Waals surface area (Å²) < 4.78 is 5.09. The molecule has 2 fully saturated rings. The maximum absolute atomic E-state index is 9.93. The van der Waals surface area contributed by atoms with E-state index < -0.39 is 0 Å². The van der Waals surface area contributed by atoms with E-state index in [0.717, 1.165) is 18.1 Å². The molecule has 0 saturated carbocycles. The van der Waals surface area contributed by atoms with Gasteiger partial charge in [0.05, 0.1) is 13.7 Å². The van der Waals surface area contributed by atoms with Crippen LogP contribution in [0.2, 0.25) is 0 Å². The number of methoxy groups -OCH3 is 1. The van der Waals surface area contributed by atoms with Crippen LogP contribution in [0.1, 0.15) is 44.6 Å². The van der Waals surface area contributed by atoms with Crippen LogP contribution in [0.3, 0.4) is 0 Å². The third-order valence-corrected chi connectivity index (χ3v) is 5.69. The number of aromatic hydroxyl groups is 1. The van der Waals surface area contributed by atoms with Crippen molar-refractivity contribution < 1.29 is 9.84 Å². The fraction of sp³-hybridized carbons (Fsp3) is 0.650. The molecular weight excluding hydrogens is 455 g/mol. The zero-order valence-corrected chi connectivity index (χ0v) is 18.9. The van der Waals surface area contributed by atoms with Crippen LogP contribution in [0.15, 0.2) is 23.2 Å². The van der Waals surface area contributed by atoms with Gasteiger partial charge in [-0.3, -0.25) is 0 Å². The largest absolute Gasteiger partial charge is 0.504 e. The van der Waals surface area contributed by atoms with Gasteiger partial charge in [0.15, 0.2) is 17.5 Å². The lowest BCUT2D eigenvalue weighted by Crippen LogP contribution is -2.56. The standard InChI is InChI=1S/C20H32N4O2.HI/c1-4-21-20(22-13-14-8-9-19(26-3)18(25)10-14)23-15-11-16-6-5-7-17(12-15)24(16)2;/h8-10,15-17,25H,4-7,11-13H2,1-3H3,(H2,21,22,23);1H. The van der Waals surface area contributed by atoms with Gasteiger partial charge in [-0.1, -0.05) is 12.5 Å². The SMILES string of the molecule is CCNC(=NCc1ccc(OC)c(O)c1)NC1CC2CCCC(C1)N2C.I. The van der Waals surface area contributed by atoms with E-state index in [-0.39, 0.29) is 29.7 Å². The first-order valence-corrected chi connectivity index (χ1v) is 9.73. The number of phenolic OH excluding ortho intramolecular Hbond substituents is 1. The maximum Gasteiger partial charge on any atom is 0.191 e. The summed E-state index contributed by atoms with van der Waals surface area (Å²) in [4.78, 5) is 7.29. The summed E-state index contributed by atoms with van der Waals surface area (Å²) in [6, 6.07) is 7.29. The molecule has 2 bridgehead atoms. The number of ether oxygens (including phenoxy) is 1. The first-order chi connectivity index (χ1) is 12.6. The summed E-state index contributed by atoms with van der Waals surface area (Å²) in [5.41, 5.74) is 0.959. The highest BCUT2D eigenvalue weighted by atomic mass is 127. The number of rotatable bonds is 5. The minimum atomic E-state index is 0. The molecule has 2 unspecified atom stereocenters. The zero-order chi connectivity index (χ0) is 18.5. The summed E-state index contributed by atoms with van der Waals surface area (Å²) in [5, 5.41) is 16.9. The lowest BCUT2D eigenvalue weighted by atomic mass is 9.82. The van der Waals surface area contributed by atoms with Gasteiger partial charge in [-0.25, -0.2) is 4.99 Å². The van der Waals surface area contributed by atoms with E-state index in [4.69, 9.17) is 9.73 Å². The van der Waals surface area contributed by atoms with Crippen LogP contribution < -0.4 is 15.4 Å². The number of nitrogens with one attached hydrogen (secondary N) is 2. The maximum atomic E-state index is 9.93. The van der Waals surface area contributed by atoms with Gasteiger partial charge in [-0.05, 0) is 57.4 Å². The molecule has 0 radical (unpaired) electrons. The smallest absolute Gasteiger partial charge is 0.191 e. The molecule has 3 rings (SSSR count). The number of nitrogens with zero attached hydrogens (tertiary/aromatic N) is 2. The molecule has 152 valence electrons. The molecule has 0 spiro atoms. The topological polar surface area (TPSA) is 69.1 Å². The molecule has 2 atom stereocenters. The van der Waals surface area contributed by atoms with Crippen molar-refractivity contribution in [3.8, 4) is 11.5 Å². The number of phenols is 1. The van der Waals surface area contributed by atoms with Gasteiger partial charge < -0.3 is 25.4 Å². The van der Waals surface area contributed by atoms with Crippen LogP contribution in [-0.4, -0.2) is 54.8 Å². The van der Waals surface area contributed by atoms with Gasteiger partial charge in [0.25, 0.3) is 0 Å². The van der Waals surface area contributed by atoms with Gasteiger partial charge in [-0.15, -0.1) is 24.0 Å². The Morgan fingerprint density at radius 1 is 1.30 bits per heavy atom. The first kappa shape index (κ1) is 22.1. The number of hydrogen-bond acceptors (Lipinski definition) is 4. The van der Waals surface area contributed by atoms with Crippen LogP contribution >= 0.6 is 24.0 Å². The minimum Gasteiger partial charge on any atom is -0.504 e. The number of hydrogen-bond donors (Lipinski definition) is 3. The van der Waals surface area contributed by atoms with Crippen molar-refractivity contribution in [1.82, 2.24) is 15.5 Å². The van der Waals surface area contributed by atoms with Gasteiger partial charge in [0.1, 0.15) is 0 Å². The average molecular weight is 488 g/mol. The third kappa shape index (κ3) is 5.63. The van der Waals surface area contributed by atoms with Crippen molar-refractivity contribution in [2.45, 2.75) is 63.7 Å². The number of halogens is 1. The fourth-order valence-electron chi connectivity index (χ4n) is 4.25. The molecule has 2 aliphatic rings. The van der Waals surface area contributed by atoms with E-state index in [1.807, 2.05) is 6.07 Å². The number of aliphatic imine (C=N–C) groups is 1. The van der Waals surface area contributed by atoms with Gasteiger partial charge in [0, 0.05) is 24.7 Å². The van der Waals surface area contributed by atoms with E-state index in [2.05, 4.69) is 29.5 Å². The highest BCUT2D eigenvalue weighted by molar-refractivity contribution is 14.0. The number of piperidine rings is 2. The molecule has 1 aromatic carbocycles. The quantitative estimate of drug-likeness (QED) is 0.338. The number of guanidine groups is 1. The van der Waals surface area contributed by atoms with Crippen molar-refractivity contribution in [3.63, 3.8) is 0 Å². The van der Waals surface area contributed by atoms with E-state index in [1.54, 1.807) is 19.2 Å². The second-order valence-electron chi connectivity index (χ2n) is 7.42. The van der Waals surface area contributed by atoms with Crippen molar-refractivity contribution >= 4 is 29.9 Å². The van der Waals surface area contributed by atoms with Gasteiger partial charge in [0.2, 0.25) is 0 Å². The zero-order valence-electron chi connectivity index (χ0n) is 16.6. The van der Waals surface area contributed by atoms with E-state index in [0.29, 0.717) is 30.4 Å². The third-order valence-electron chi connectivity index (χ3n) is 5.69. The molecule has 2 heterocycles. The van der Waals surface area contributed by atoms with E-state index >= 15 is 0 Å². The Hall–Kier alpha value is -1.22. The number of fused-ring (bicyclic) bond motifs is 2. The first-order valence-electron chi connectivity index (χ1n) is 9.73. The van der Waals surface area contributed by atoms with E-state index in [9.17, 15) is 5.11 Å². The van der Waals surface area contributed by atoms with Crippen LogP contribution in [0.4, 0.5) is 0 Å². The van der Waals surface area contributed by atoms with Crippen LogP contribution in [0, 0.1) is 0 Å². The highest BCUT2D eigenvalue weighted by Gasteiger charge is 2.36. The van der Waals surface area contributed by atoms with Crippen molar-refractivity contribution in [2.24, 2.45) is 4.99 Å².